The van der Waals surface area contributed by atoms with Gasteiger partial charge in [0, 0.05) is 28.1 Å². The normalized spacial score (nSPS) is 10.9. The Morgan fingerprint density at radius 3 is 2.46 bits per heavy atom. The molecule has 4 aromatic rings. The van der Waals surface area contributed by atoms with Crippen LogP contribution in [0.2, 0.25) is 0 Å². The smallest absolute Gasteiger partial charge is 0.168 e. The first-order valence-corrected chi connectivity index (χ1v) is 8.70. The van der Waals surface area contributed by atoms with Crippen LogP contribution in [0.5, 0.6) is 11.5 Å². The van der Waals surface area contributed by atoms with Crippen LogP contribution < -0.4 is 14.8 Å². The predicted molar refractivity (Wildman–Crippen MR) is 107 cm³/mol. The molecular formula is C21H19FN4O2. The molecule has 7 heteroatoms. The Morgan fingerprint density at radius 2 is 1.79 bits per heavy atom. The Balaban J connectivity index is 1.99. The van der Waals surface area contributed by atoms with Gasteiger partial charge in [0.25, 0.3) is 0 Å². The number of ether oxygens (including phenoxy) is 2. The van der Waals surface area contributed by atoms with E-state index in [-0.39, 0.29) is 5.82 Å². The minimum atomic E-state index is -0.348. The van der Waals surface area contributed by atoms with Gasteiger partial charge in [-0.3, -0.25) is 5.10 Å². The van der Waals surface area contributed by atoms with E-state index in [0.717, 1.165) is 16.5 Å². The van der Waals surface area contributed by atoms with Gasteiger partial charge in [0.2, 0.25) is 0 Å². The molecule has 2 heterocycles. The van der Waals surface area contributed by atoms with E-state index in [1.807, 2.05) is 25.1 Å². The van der Waals surface area contributed by atoms with Crippen molar-refractivity contribution in [1.29, 1.82) is 0 Å². The Morgan fingerprint density at radius 1 is 0.964 bits per heavy atom. The van der Waals surface area contributed by atoms with E-state index in [9.17, 15) is 4.39 Å². The Bertz CT molecular complexity index is 1160. The average molecular weight is 378 g/mol. The highest BCUT2D eigenvalue weighted by atomic mass is 19.1. The molecule has 0 unspecified atom stereocenters. The number of fused-ring (bicyclic) bond motifs is 1. The lowest BCUT2D eigenvalue weighted by molar-refractivity contribution is 0.358. The number of benzene rings is 2. The molecule has 0 bridgehead atoms. The highest BCUT2D eigenvalue weighted by molar-refractivity contribution is 6.01. The number of rotatable bonds is 5. The molecule has 0 saturated carbocycles. The van der Waals surface area contributed by atoms with E-state index in [2.05, 4.69) is 20.5 Å². The number of nitrogens with zero attached hydrogens (tertiary/aromatic N) is 2. The van der Waals surface area contributed by atoms with Crippen LogP contribution in [0.4, 0.5) is 16.0 Å². The Hall–Kier alpha value is -3.61. The molecule has 0 fully saturated rings. The van der Waals surface area contributed by atoms with Gasteiger partial charge >= 0.3 is 0 Å². The molecule has 0 atom stereocenters. The maximum absolute atomic E-state index is 14.6. The molecule has 0 saturated heterocycles. The molecule has 0 aliphatic heterocycles. The van der Waals surface area contributed by atoms with E-state index in [1.54, 1.807) is 38.5 Å². The third kappa shape index (κ3) is 3.11. The standard InChI is InChI=1S/C21H19FN4O2/c1-12-10-19(26-25-12)23-18-11-15-13(8-9-17(27-2)21(15)28-3)20(24-18)14-6-4-5-7-16(14)22/h4-11H,1-3H3,(H2,23,24,25,26). The third-order valence-electron chi connectivity index (χ3n) is 4.44. The molecule has 0 amide bonds. The van der Waals surface area contributed by atoms with Crippen molar-refractivity contribution in [3.63, 3.8) is 0 Å². The van der Waals surface area contributed by atoms with Crippen LogP contribution in [0, 0.1) is 12.7 Å². The summed E-state index contributed by atoms with van der Waals surface area (Å²) in [7, 11) is 3.15. The zero-order valence-electron chi connectivity index (χ0n) is 15.7. The number of pyridine rings is 1. The molecule has 2 aromatic carbocycles. The molecule has 28 heavy (non-hydrogen) atoms. The summed E-state index contributed by atoms with van der Waals surface area (Å²) in [5.41, 5.74) is 1.82. The van der Waals surface area contributed by atoms with Crippen LogP contribution in [-0.2, 0) is 0 Å². The fourth-order valence-corrected chi connectivity index (χ4v) is 3.19. The van der Waals surface area contributed by atoms with Crippen molar-refractivity contribution in [3.8, 4) is 22.8 Å². The van der Waals surface area contributed by atoms with Crippen LogP contribution in [-0.4, -0.2) is 29.4 Å². The molecule has 0 radical (unpaired) electrons. The van der Waals surface area contributed by atoms with Crippen LogP contribution >= 0.6 is 0 Å². The molecule has 0 aliphatic carbocycles. The maximum Gasteiger partial charge on any atom is 0.168 e. The van der Waals surface area contributed by atoms with Crippen LogP contribution in [0.3, 0.4) is 0 Å². The van der Waals surface area contributed by atoms with E-state index < -0.39 is 0 Å². The average Bonchev–Trinajstić information content (AvgIpc) is 3.11. The molecule has 4 rings (SSSR count). The number of aromatic nitrogens is 3. The summed E-state index contributed by atoms with van der Waals surface area (Å²) in [5, 5.41) is 11.7. The second kappa shape index (κ2) is 7.19. The van der Waals surface area contributed by atoms with Crippen molar-refractivity contribution in [2.75, 3.05) is 19.5 Å². The summed E-state index contributed by atoms with van der Waals surface area (Å²) in [5.74, 6) is 1.93. The molecule has 2 aromatic heterocycles. The van der Waals surface area contributed by atoms with Gasteiger partial charge in [0.1, 0.15) is 11.6 Å². The second-order valence-electron chi connectivity index (χ2n) is 6.29. The first-order chi connectivity index (χ1) is 13.6. The molecule has 6 nitrogen and oxygen atoms in total. The largest absolute Gasteiger partial charge is 0.493 e. The number of hydrogen-bond donors (Lipinski definition) is 2. The number of hydrogen-bond acceptors (Lipinski definition) is 5. The second-order valence-corrected chi connectivity index (χ2v) is 6.29. The topological polar surface area (TPSA) is 72.1 Å². The lowest BCUT2D eigenvalue weighted by Gasteiger charge is -2.15. The summed E-state index contributed by atoms with van der Waals surface area (Å²) in [6.07, 6.45) is 0. The molecule has 0 aliphatic rings. The number of halogens is 1. The fraction of sp³-hybridized carbons (Fsp3) is 0.143. The first-order valence-electron chi connectivity index (χ1n) is 8.70. The number of nitrogens with one attached hydrogen (secondary N) is 2. The number of aryl methyl sites for hydroxylation is 1. The minimum Gasteiger partial charge on any atom is -0.493 e. The summed E-state index contributed by atoms with van der Waals surface area (Å²) in [4.78, 5) is 4.67. The van der Waals surface area contributed by atoms with Gasteiger partial charge in [-0.2, -0.15) is 5.10 Å². The highest BCUT2D eigenvalue weighted by Crippen LogP contribution is 2.40. The van der Waals surface area contributed by atoms with E-state index in [1.165, 1.54) is 6.07 Å². The zero-order valence-corrected chi connectivity index (χ0v) is 15.7. The summed E-state index contributed by atoms with van der Waals surface area (Å²) in [6, 6.07) is 13.9. The summed E-state index contributed by atoms with van der Waals surface area (Å²) < 4.78 is 25.6. The predicted octanol–water partition coefficient (Wildman–Crippen LogP) is 4.83. The van der Waals surface area contributed by atoms with Gasteiger partial charge < -0.3 is 14.8 Å². The van der Waals surface area contributed by atoms with Crippen LogP contribution in [0.1, 0.15) is 5.69 Å². The van der Waals surface area contributed by atoms with Crippen molar-refractivity contribution in [2.45, 2.75) is 6.92 Å². The van der Waals surface area contributed by atoms with Crippen molar-refractivity contribution in [3.05, 3.63) is 60.0 Å². The Labute approximate surface area is 161 Å². The fourth-order valence-electron chi connectivity index (χ4n) is 3.19. The highest BCUT2D eigenvalue weighted by Gasteiger charge is 2.17. The van der Waals surface area contributed by atoms with Crippen molar-refractivity contribution >= 4 is 22.4 Å². The van der Waals surface area contributed by atoms with Crippen molar-refractivity contribution in [1.82, 2.24) is 15.2 Å². The van der Waals surface area contributed by atoms with Crippen molar-refractivity contribution in [2.24, 2.45) is 0 Å². The monoisotopic (exact) mass is 378 g/mol. The number of aromatic amines is 1. The lowest BCUT2D eigenvalue weighted by atomic mass is 10.0. The van der Waals surface area contributed by atoms with Crippen molar-refractivity contribution < 1.29 is 13.9 Å². The zero-order chi connectivity index (χ0) is 19.7. The van der Waals surface area contributed by atoms with Gasteiger partial charge in [0.05, 0.1) is 19.9 Å². The van der Waals surface area contributed by atoms with Gasteiger partial charge in [0.15, 0.2) is 17.3 Å². The van der Waals surface area contributed by atoms with Gasteiger partial charge in [-0.05, 0) is 37.3 Å². The molecular weight excluding hydrogens is 359 g/mol. The van der Waals surface area contributed by atoms with Gasteiger partial charge in [-0.25, -0.2) is 9.37 Å². The maximum atomic E-state index is 14.6. The Kier molecular flexibility index (Phi) is 4.57. The van der Waals surface area contributed by atoms with Gasteiger partial charge in [-0.15, -0.1) is 0 Å². The minimum absolute atomic E-state index is 0.348. The number of methoxy groups -OCH3 is 2. The number of anilines is 2. The third-order valence-corrected chi connectivity index (χ3v) is 4.44. The summed E-state index contributed by atoms with van der Waals surface area (Å²) >= 11 is 0. The summed E-state index contributed by atoms with van der Waals surface area (Å²) in [6.45, 7) is 1.91. The van der Waals surface area contributed by atoms with Gasteiger partial charge in [-0.1, -0.05) is 12.1 Å². The SMILES string of the molecule is COc1ccc2c(-c3ccccc3F)nc(Nc3cc(C)[nH]n3)cc2c1OC. The quantitative estimate of drug-likeness (QED) is 0.520. The lowest BCUT2D eigenvalue weighted by Crippen LogP contribution is -1.99. The molecule has 2 N–H and O–H groups in total. The first kappa shape index (κ1) is 17.8. The molecule has 0 spiro atoms. The van der Waals surface area contributed by atoms with E-state index >= 15 is 0 Å². The van der Waals surface area contributed by atoms with E-state index in [0.29, 0.717) is 34.4 Å². The molecule has 142 valence electrons. The number of H-pyrrole nitrogens is 1. The van der Waals surface area contributed by atoms with Crippen LogP contribution in [0.15, 0.2) is 48.5 Å². The van der Waals surface area contributed by atoms with E-state index in [4.69, 9.17) is 9.47 Å². The van der Waals surface area contributed by atoms with Crippen LogP contribution in [0.25, 0.3) is 22.0 Å².